The first kappa shape index (κ1) is 10.4. The fraction of sp³-hybridized carbons (Fsp3) is 0.182. The van der Waals surface area contributed by atoms with Gasteiger partial charge in [0.15, 0.2) is 0 Å². The Balaban J connectivity index is 2.72. The molecule has 0 radical (unpaired) electrons. The highest BCUT2D eigenvalue weighted by Gasteiger charge is 2.10. The number of carboxylic acids is 1. The summed E-state index contributed by atoms with van der Waals surface area (Å²) in [5.74, 6) is -0.687. The fourth-order valence-electron chi connectivity index (χ4n) is 1.49. The molecule has 82 valence electrons. The molecule has 0 bridgehead atoms. The zero-order valence-electron chi connectivity index (χ0n) is 8.89. The number of methoxy groups -OCH3 is 1. The predicted octanol–water partition coefficient (Wildman–Crippen LogP) is 1.65. The number of aromatic nitrogens is 2. The van der Waals surface area contributed by atoms with Crippen LogP contribution in [0.15, 0.2) is 18.2 Å². The van der Waals surface area contributed by atoms with Crippen molar-refractivity contribution in [2.24, 2.45) is 0 Å². The van der Waals surface area contributed by atoms with Gasteiger partial charge in [-0.2, -0.15) is 0 Å². The molecule has 0 saturated carbocycles. The zero-order valence-corrected chi connectivity index (χ0v) is 8.89. The first-order valence-electron chi connectivity index (χ1n) is 4.67. The van der Waals surface area contributed by atoms with Crippen molar-refractivity contribution in [3.8, 4) is 5.75 Å². The lowest BCUT2D eigenvalue weighted by atomic mass is 10.2. The Bertz CT molecular complexity index is 566. The van der Waals surface area contributed by atoms with E-state index in [0.717, 1.165) is 5.39 Å². The molecule has 1 aromatic carbocycles. The highest BCUT2D eigenvalue weighted by molar-refractivity contribution is 5.89. The number of carboxylic acid groups (broad SMARTS) is 1. The molecular weight excluding hydrogens is 208 g/mol. The van der Waals surface area contributed by atoms with Crippen LogP contribution in [0.3, 0.4) is 0 Å². The Kier molecular flexibility index (Phi) is 2.44. The quantitative estimate of drug-likeness (QED) is 0.829. The number of aryl methyl sites for hydroxylation is 1. The van der Waals surface area contributed by atoms with Gasteiger partial charge in [-0.15, -0.1) is 0 Å². The van der Waals surface area contributed by atoms with Gasteiger partial charge in [-0.25, -0.2) is 14.8 Å². The maximum Gasteiger partial charge on any atom is 0.373 e. The summed E-state index contributed by atoms with van der Waals surface area (Å²) in [5, 5.41) is 9.66. The molecule has 0 amide bonds. The number of benzene rings is 1. The Morgan fingerprint density at radius 3 is 2.75 bits per heavy atom. The van der Waals surface area contributed by atoms with Crippen LogP contribution in [0.4, 0.5) is 0 Å². The van der Waals surface area contributed by atoms with Crippen LogP contribution in [0.25, 0.3) is 10.9 Å². The molecule has 1 N–H and O–H groups in total. The third-order valence-corrected chi connectivity index (χ3v) is 2.29. The molecule has 0 aliphatic rings. The number of hydrogen-bond acceptors (Lipinski definition) is 4. The minimum absolute atomic E-state index is 0.196. The van der Waals surface area contributed by atoms with Crippen molar-refractivity contribution >= 4 is 16.9 Å². The number of fused-ring (bicyclic) bond motifs is 1. The second-order valence-corrected chi connectivity index (χ2v) is 3.32. The summed E-state index contributed by atoms with van der Waals surface area (Å²) in [6.07, 6.45) is 0. The minimum Gasteiger partial charge on any atom is -0.497 e. The van der Waals surface area contributed by atoms with Crippen molar-refractivity contribution in [1.82, 2.24) is 9.97 Å². The molecular formula is C11H10N2O3. The second-order valence-electron chi connectivity index (χ2n) is 3.32. The molecule has 1 heterocycles. The standard InChI is InChI=1S/C11H10N2O3/c1-6-8-4-3-7(16-2)5-9(8)13-10(12-6)11(14)15/h3-5H,1-2H3,(H,14,15). The third kappa shape index (κ3) is 1.67. The van der Waals surface area contributed by atoms with Crippen LogP contribution in [-0.4, -0.2) is 28.2 Å². The van der Waals surface area contributed by atoms with Gasteiger partial charge in [0.25, 0.3) is 0 Å². The number of ether oxygens (including phenoxy) is 1. The Hall–Kier alpha value is -2.17. The average Bonchev–Trinajstić information content (AvgIpc) is 2.28. The summed E-state index contributed by atoms with van der Waals surface area (Å²) in [5.41, 5.74) is 1.22. The van der Waals surface area contributed by atoms with Crippen molar-refractivity contribution < 1.29 is 14.6 Å². The Labute approximate surface area is 91.7 Å². The van der Waals surface area contributed by atoms with E-state index in [1.807, 2.05) is 6.07 Å². The Morgan fingerprint density at radius 1 is 1.38 bits per heavy atom. The summed E-state index contributed by atoms with van der Waals surface area (Å²) in [6, 6.07) is 5.30. The van der Waals surface area contributed by atoms with Gasteiger partial charge in [-0.1, -0.05) is 0 Å². The maximum atomic E-state index is 10.8. The summed E-state index contributed by atoms with van der Waals surface area (Å²) < 4.78 is 5.05. The molecule has 0 spiro atoms. The van der Waals surface area contributed by atoms with E-state index < -0.39 is 5.97 Å². The zero-order chi connectivity index (χ0) is 11.7. The van der Waals surface area contributed by atoms with E-state index in [4.69, 9.17) is 9.84 Å². The van der Waals surface area contributed by atoms with Crippen LogP contribution in [0, 0.1) is 6.92 Å². The van der Waals surface area contributed by atoms with Crippen molar-refractivity contribution in [2.75, 3.05) is 7.11 Å². The molecule has 2 rings (SSSR count). The first-order chi connectivity index (χ1) is 7.61. The van der Waals surface area contributed by atoms with Gasteiger partial charge in [0, 0.05) is 17.1 Å². The van der Waals surface area contributed by atoms with Crippen LogP contribution in [0.2, 0.25) is 0 Å². The van der Waals surface area contributed by atoms with Gasteiger partial charge in [0.1, 0.15) is 5.75 Å². The average molecular weight is 218 g/mol. The van der Waals surface area contributed by atoms with Crippen LogP contribution >= 0.6 is 0 Å². The Morgan fingerprint density at radius 2 is 2.12 bits per heavy atom. The SMILES string of the molecule is COc1ccc2c(C)nc(C(=O)O)nc2c1. The predicted molar refractivity (Wildman–Crippen MR) is 57.8 cm³/mol. The molecule has 0 saturated heterocycles. The van der Waals surface area contributed by atoms with Crippen LogP contribution in [0.1, 0.15) is 16.3 Å². The molecule has 16 heavy (non-hydrogen) atoms. The number of nitrogens with zero attached hydrogens (tertiary/aromatic N) is 2. The maximum absolute atomic E-state index is 10.8. The normalized spacial score (nSPS) is 10.4. The smallest absolute Gasteiger partial charge is 0.373 e. The molecule has 0 aliphatic heterocycles. The molecule has 0 aliphatic carbocycles. The highest BCUT2D eigenvalue weighted by atomic mass is 16.5. The summed E-state index contributed by atoms with van der Waals surface area (Å²) in [6.45, 7) is 1.75. The van der Waals surface area contributed by atoms with Gasteiger partial charge in [-0.05, 0) is 19.1 Å². The molecule has 5 nitrogen and oxygen atoms in total. The van der Waals surface area contributed by atoms with Crippen LogP contribution in [-0.2, 0) is 0 Å². The second kappa shape index (κ2) is 3.77. The fourth-order valence-corrected chi connectivity index (χ4v) is 1.49. The lowest BCUT2D eigenvalue weighted by Crippen LogP contribution is -2.05. The molecule has 1 aromatic heterocycles. The summed E-state index contributed by atoms with van der Waals surface area (Å²) in [4.78, 5) is 18.7. The number of rotatable bonds is 2. The van der Waals surface area contributed by atoms with E-state index in [2.05, 4.69) is 9.97 Å². The monoisotopic (exact) mass is 218 g/mol. The minimum atomic E-state index is -1.13. The summed E-state index contributed by atoms with van der Waals surface area (Å²) >= 11 is 0. The van der Waals surface area contributed by atoms with Gasteiger partial charge in [0.2, 0.25) is 5.82 Å². The lowest BCUT2D eigenvalue weighted by Gasteiger charge is -2.04. The van der Waals surface area contributed by atoms with Crippen molar-refractivity contribution in [2.45, 2.75) is 6.92 Å². The number of carbonyl (C=O) groups is 1. The third-order valence-electron chi connectivity index (χ3n) is 2.29. The summed E-state index contributed by atoms with van der Waals surface area (Å²) in [7, 11) is 1.55. The molecule has 2 aromatic rings. The van der Waals surface area contributed by atoms with Crippen molar-refractivity contribution in [1.29, 1.82) is 0 Å². The topological polar surface area (TPSA) is 72.3 Å². The van der Waals surface area contributed by atoms with E-state index >= 15 is 0 Å². The largest absolute Gasteiger partial charge is 0.497 e. The van der Waals surface area contributed by atoms with Crippen LogP contribution < -0.4 is 4.74 Å². The molecule has 5 heteroatoms. The lowest BCUT2D eigenvalue weighted by molar-refractivity contribution is 0.0683. The highest BCUT2D eigenvalue weighted by Crippen LogP contribution is 2.21. The van der Waals surface area contributed by atoms with E-state index in [9.17, 15) is 4.79 Å². The van der Waals surface area contributed by atoms with Gasteiger partial charge in [0.05, 0.1) is 12.6 Å². The molecule has 0 fully saturated rings. The van der Waals surface area contributed by atoms with Crippen molar-refractivity contribution in [3.63, 3.8) is 0 Å². The van der Waals surface area contributed by atoms with E-state index in [0.29, 0.717) is 17.0 Å². The van der Waals surface area contributed by atoms with E-state index in [1.165, 1.54) is 0 Å². The van der Waals surface area contributed by atoms with Gasteiger partial charge < -0.3 is 9.84 Å². The number of hydrogen-bond donors (Lipinski definition) is 1. The van der Waals surface area contributed by atoms with Gasteiger partial charge in [-0.3, -0.25) is 0 Å². The van der Waals surface area contributed by atoms with Crippen molar-refractivity contribution in [3.05, 3.63) is 29.7 Å². The first-order valence-corrected chi connectivity index (χ1v) is 4.67. The van der Waals surface area contributed by atoms with Gasteiger partial charge >= 0.3 is 5.97 Å². The van der Waals surface area contributed by atoms with Crippen LogP contribution in [0.5, 0.6) is 5.75 Å². The van der Waals surface area contributed by atoms with E-state index in [-0.39, 0.29) is 5.82 Å². The molecule has 0 unspecified atom stereocenters. The number of aromatic carboxylic acids is 1. The van der Waals surface area contributed by atoms with E-state index in [1.54, 1.807) is 26.2 Å². The molecule has 0 atom stereocenters.